The van der Waals surface area contributed by atoms with Crippen LogP contribution in [0.25, 0.3) is 0 Å². The first kappa shape index (κ1) is 21.9. The zero-order chi connectivity index (χ0) is 18.8. The van der Waals surface area contributed by atoms with E-state index in [0.717, 1.165) is 17.7 Å². The van der Waals surface area contributed by atoms with Crippen LogP contribution in [0.3, 0.4) is 0 Å². The number of carbonyl (C=O) groups is 1. The molecule has 134 valence electrons. The normalized spacial score (nSPS) is 12.3. The minimum atomic E-state index is -4.50. The van der Waals surface area contributed by atoms with Gasteiger partial charge < -0.3 is 10.6 Å². The maximum atomic E-state index is 12.9. The van der Waals surface area contributed by atoms with Gasteiger partial charge in [-0.25, -0.2) is 0 Å². The van der Waals surface area contributed by atoms with Crippen LogP contribution in [0.5, 0.6) is 0 Å². The average Bonchev–Trinajstić information content (AvgIpc) is 2.59. The summed E-state index contributed by atoms with van der Waals surface area (Å²) in [6.45, 7) is 5.92. The number of aldehydes is 1. The maximum Gasteiger partial charge on any atom is 0.416 e. The van der Waals surface area contributed by atoms with Gasteiger partial charge in [-0.15, -0.1) is 0 Å². The minimum Gasteiger partial charge on any atom is -0.342 e. The van der Waals surface area contributed by atoms with E-state index in [1.807, 2.05) is 13.8 Å². The van der Waals surface area contributed by atoms with Gasteiger partial charge in [0.1, 0.15) is 0 Å². The summed E-state index contributed by atoms with van der Waals surface area (Å²) < 4.78 is 38.8. The Kier molecular flexibility index (Phi) is 9.73. The highest BCUT2D eigenvalue weighted by Gasteiger charge is 2.32. The van der Waals surface area contributed by atoms with Crippen LogP contribution < -0.4 is 10.6 Å². The molecule has 0 unspecified atom stereocenters. The zero-order valence-electron chi connectivity index (χ0n) is 14.5. The van der Waals surface area contributed by atoms with Crippen molar-refractivity contribution in [1.82, 2.24) is 0 Å². The summed E-state index contributed by atoms with van der Waals surface area (Å²) in [6.07, 6.45) is -1.96. The summed E-state index contributed by atoms with van der Waals surface area (Å²) in [7, 11) is 1.54. The summed E-state index contributed by atoms with van der Waals surface area (Å²) in [4.78, 5) is 12.6. The Balaban J connectivity index is 0.00000254. The van der Waals surface area contributed by atoms with Crippen LogP contribution in [-0.4, -0.2) is 19.5 Å². The van der Waals surface area contributed by atoms with Crippen LogP contribution in [0.1, 0.15) is 32.8 Å². The van der Waals surface area contributed by atoms with Crippen LogP contribution in [-0.2, 0) is 11.3 Å². The van der Waals surface area contributed by atoms with E-state index in [-0.39, 0.29) is 12.1 Å². The number of rotatable bonds is 6. The fourth-order valence-corrected chi connectivity index (χ4v) is 1.89. The quantitative estimate of drug-likeness (QED) is 0.467. The Labute approximate surface area is 141 Å². The molecule has 0 amide bonds. The van der Waals surface area contributed by atoms with Crippen molar-refractivity contribution in [1.29, 1.82) is 0 Å². The van der Waals surface area contributed by atoms with Crippen molar-refractivity contribution in [3.63, 3.8) is 0 Å². The third kappa shape index (κ3) is 6.58. The molecule has 24 heavy (non-hydrogen) atoms. The molecule has 0 heterocycles. The first-order valence-corrected chi connectivity index (χ1v) is 7.80. The number of nitrogens with two attached hydrogens (primary N) is 1. The Morgan fingerprint density at radius 3 is 2.38 bits per heavy atom. The highest BCUT2D eigenvalue weighted by molar-refractivity contribution is 5.81. The number of carbonyl (C=O) groups excluding carboxylic acids is 1. The van der Waals surface area contributed by atoms with E-state index < -0.39 is 11.7 Å². The second kappa shape index (κ2) is 10.6. The van der Waals surface area contributed by atoms with Crippen molar-refractivity contribution >= 4 is 12.0 Å². The number of benzene rings is 1. The summed E-state index contributed by atoms with van der Waals surface area (Å²) in [5, 5.41) is 0. The molecule has 6 heteroatoms. The molecule has 0 aliphatic heterocycles. The van der Waals surface area contributed by atoms with E-state index in [4.69, 9.17) is 5.73 Å². The third-order valence-corrected chi connectivity index (χ3v) is 3.10. The highest BCUT2D eigenvalue weighted by atomic mass is 19.4. The van der Waals surface area contributed by atoms with Gasteiger partial charge in [0, 0.05) is 19.3 Å². The number of hydrogen-bond acceptors (Lipinski definition) is 3. The van der Waals surface area contributed by atoms with Gasteiger partial charge >= 0.3 is 6.18 Å². The zero-order valence-corrected chi connectivity index (χ0v) is 14.5. The maximum absolute atomic E-state index is 12.9. The van der Waals surface area contributed by atoms with Crippen molar-refractivity contribution in [2.75, 3.05) is 11.9 Å². The molecule has 3 nitrogen and oxygen atoms in total. The summed E-state index contributed by atoms with van der Waals surface area (Å²) in [5.41, 5.74) is 6.06. The number of halogens is 3. The van der Waals surface area contributed by atoms with Crippen LogP contribution in [0, 0.1) is 0 Å². The van der Waals surface area contributed by atoms with Gasteiger partial charge in [-0.3, -0.25) is 4.79 Å². The molecule has 0 fully saturated rings. The lowest BCUT2D eigenvalue weighted by molar-refractivity contribution is -0.105. The second-order valence-corrected chi connectivity index (χ2v) is 4.69. The molecular formula is C18H25F3N2O. The molecule has 0 saturated heterocycles. The fraction of sp³-hybridized carbons (Fsp3) is 0.389. The predicted molar refractivity (Wildman–Crippen MR) is 92.7 cm³/mol. The van der Waals surface area contributed by atoms with Crippen LogP contribution in [0.2, 0.25) is 0 Å². The van der Waals surface area contributed by atoms with Gasteiger partial charge in [-0.1, -0.05) is 39.0 Å². The molecule has 0 aromatic heterocycles. The molecule has 1 rings (SSSR count). The monoisotopic (exact) mass is 342 g/mol. The van der Waals surface area contributed by atoms with Crippen LogP contribution in [0.15, 0.2) is 47.7 Å². The Hall–Kier alpha value is -2.08. The van der Waals surface area contributed by atoms with E-state index >= 15 is 0 Å². The molecular weight excluding hydrogens is 317 g/mol. The molecule has 0 spiro atoms. The Morgan fingerprint density at radius 1 is 1.29 bits per heavy atom. The predicted octanol–water partition coefficient (Wildman–Crippen LogP) is 4.59. The first-order valence-electron chi connectivity index (χ1n) is 7.80. The number of nitrogens with zero attached hydrogens (tertiary/aromatic N) is 1. The SMILES string of the molecule is CC.CC/C=C(/C=C(/C=O)N(C)c1cccc(CN)c1)C(F)(F)F. The van der Waals surface area contributed by atoms with E-state index in [1.165, 1.54) is 11.9 Å². The first-order chi connectivity index (χ1) is 11.3. The van der Waals surface area contributed by atoms with Crippen molar-refractivity contribution in [3.8, 4) is 0 Å². The standard InChI is InChI=1S/C16H19F3N2O.C2H6/c1-3-5-13(16(17,18)19)9-15(11-22)21(2)14-7-4-6-12(8-14)10-20;1-2/h4-9,11H,3,10,20H2,1-2H3;1-2H3/b13-5-,15-9-;. The highest BCUT2D eigenvalue weighted by Crippen LogP contribution is 2.29. The lowest BCUT2D eigenvalue weighted by Gasteiger charge is -2.20. The van der Waals surface area contributed by atoms with Crippen molar-refractivity contribution in [2.45, 2.75) is 39.9 Å². The lowest BCUT2D eigenvalue weighted by Crippen LogP contribution is -2.20. The Bertz CT molecular complexity index is 578. The number of allylic oxidation sites excluding steroid dienone is 4. The van der Waals surface area contributed by atoms with Gasteiger partial charge in [0.25, 0.3) is 0 Å². The van der Waals surface area contributed by atoms with Crippen LogP contribution >= 0.6 is 0 Å². The van der Waals surface area contributed by atoms with Crippen molar-refractivity contribution in [3.05, 3.63) is 53.3 Å². The van der Waals surface area contributed by atoms with Crippen molar-refractivity contribution < 1.29 is 18.0 Å². The van der Waals surface area contributed by atoms with Crippen molar-refractivity contribution in [2.24, 2.45) is 5.73 Å². The molecule has 2 N–H and O–H groups in total. The van der Waals surface area contributed by atoms with E-state index in [1.54, 1.807) is 31.2 Å². The Morgan fingerprint density at radius 2 is 1.92 bits per heavy atom. The van der Waals surface area contributed by atoms with Gasteiger partial charge in [-0.2, -0.15) is 13.2 Å². The van der Waals surface area contributed by atoms with Gasteiger partial charge in [0.2, 0.25) is 0 Å². The lowest BCUT2D eigenvalue weighted by atomic mass is 10.1. The van der Waals surface area contributed by atoms with E-state index in [0.29, 0.717) is 18.5 Å². The smallest absolute Gasteiger partial charge is 0.342 e. The van der Waals surface area contributed by atoms with E-state index in [9.17, 15) is 18.0 Å². The average molecular weight is 342 g/mol. The summed E-state index contributed by atoms with van der Waals surface area (Å²) in [5.74, 6) is 0. The second-order valence-electron chi connectivity index (χ2n) is 4.69. The van der Waals surface area contributed by atoms with Crippen LogP contribution in [0.4, 0.5) is 18.9 Å². The van der Waals surface area contributed by atoms with Gasteiger partial charge in [0.15, 0.2) is 6.29 Å². The number of hydrogen-bond donors (Lipinski definition) is 1. The summed E-state index contributed by atoms with van der Waals surface area (Å²) >= 11 is 0. The van der Waals surface area contributed by atoms with E-state index in [2.05, 4.69) is 0 Å². The topological polar surface area (TPSA) is 46.3 Å². The largest absolute Gasteiger partial charge is 0.416 e. The third-order valence-electron chi connectivity index (χ3n) is 3.10. The molecule has 0 saturated carbocycles. The molecule has 1 aromatic rings. The molecule has 0 aliphatic carbocycles. The molecule has 0 radical (unpaired) electrons. The minimum absolute atomic E-state index is 0.0776. The molecule has 0 atom stereocenters. The fourth-order valence-electron chi connectivity index (χ4n) is 1.89. The molecule has 0 bridgehead atoms. The van der Waals surface area contributed by atoms with Gasteiger partial charge in [0.05, 0.1) is 11.3 Å². The molecule has 0 aliphatic rings. The molecule has 1 aromatic carbocycles. The number of alkyl halides is 3. The number of likely N-dealkylation sites (N-methyl/N-ethyl adjacent to an activating group) is 1. The van der Waals surface area contributed by atoms with Gasteiger partial charge in [-0.05, 0) is 30.2 Å². The number of anilines is 1. The summed E-state index contributed by atoms with van der Waals surface area (Å²) in [6, 6.07) is 6.98.